The lowest BCUT2D eigenvalue weighted by molar-refractivity contribution is -0.116. The van der Waals surface area contributed by atoms with Crippen molar-refractivity contribution in [2.45, 2.75) is 26.7 Å². The van der Waals surface area contributed by atoms with Crippen LogP contribution in [-0.4, -0.2) is 42.5 Å². The number of hydrogen-bond acceptors (Lipinski definition) is 6. The fourth-order valence-electron chi connectivity index (χ4n) is 3.70. The minimum atomic E-state index is -0.100. The summed E-state index contributed by atoms with van der Waals surface area (Å²) in [5.74, 6) is 0.441. The minimum absolute atomic E-state index is 0.100. The van der Waals surface area contributed by atoms with E-state index in [0.29, 0.717) is 24.4 Å². The fraction of sp³-hybridized carbons (Fsp3) is 0.286. The van der Waals surface area contributed by atoms with Crippen molar-refractivity contribution in [3.63, 3.8) is 0 Å². The van der Waals surface area contributed by atoms with Crippen LogP contribution in [0.2, 0.25) is 0 Å². The first kappa shape index (κ1) is 21.0. The van der Waals surface area contributed by atoms with E-state index in [4.69, 9.17) is 9.72 Å². The third-order valence-electron chi connectivity index (χ3n) is 5.22. The lowest BCUT2D eigenvalue weighted by atomic mass is 10.00. The van der Waals surface area contributed by atoms with Crippen molar-refractivity contribution in [1.29, 1.82) is 0 Å². The predicted octanol–water partition coefficient (Wildman–Crippen LogP) is 3.51. The fourth-order valence-corrected chi connectivity index (χ4v) is 4.06. The third kappa shape index (κ3) is 4.02. The molecule has 0 saturated heterocycles. The summed E-state index contributed by atoms with van der Waals surface area (Å²) in [7, 11) is 3.44. The first-order valence-corrected chi connectivity index (χ1v) is 10.5. The summed E-state index contributed by atoms with van der Waals surface area (Å²) in [6, 6.07) is 5.61. The van der Waals surface area contributed by atoms with Gasteiger partial charge in [-0.15, -0.1) is 5.10 Å². The van der Waals surface area contributed by atoms with Crippen molar-refractivity contribution >= 4 is 38.6 Å². The summed E-state index contributed by atoms with van der Waals surface area (Å²) in [5, 5.41) is 12.4. The molecule has 31 heavy (non-hydrogen) atoms. The van der Waals surface area contributed by atoms with Crippen molar-refractivity contribution in [2.24, 2.45) is 7.05 Å². The van der Waals surface area contributed by atoms with Crippen molar-refractivity contribution < 1.29 is 9.53 Å². The second-order valence-corrected chi connectivity index (χ2v) is 8.10. The molecule has 0 atom stereocenters. The molecule has 9 nitrogen and oxygen atoms in total. The number of nitrogens with one attached hydrogen (secondary N) is 1. The molecule has 0 fully saturated rings. The minimum Gasteiger partial charge on any atom is -0.479 e. The van der Waals surface area contributed by atoms with Gasteiger partial charge >= 0.3 is 0 Å². The van der Waals surface area contributed by atoms with E-state index < -0.39 is 0 Å². The van der Waals surface area contributed by atoms with Crippen molar-refractivity contribution in [1.82, 2.24) is 29.5 Å². The molecule has 4 rings (SSSR count). The Morgan fingerprint density at radius 2 is 2.10 bits per heavy atom. The molecular weight excluding hydrogens is 462 g/mol. The predicted molar refractivity (Wildman–Crippen MR) is 121 cm³/mol. The van der Waals surface area contributed by atoms with Crippen LogP contribution in [0.25, 0.3) is 16.7 Å². The van der Waals surface area contributed by atoms with Gasteiger partial charge in [-0.25, -0.2) is 19.3 Å². The van der Waals surface area contributed by atoms with Gasteiger partial charge in [0.25, 0.3) is 0 Å². The molecule has 0 aliphatic carbocycles. The molecule has 0 radical (unpaired) electrons. The van der Waals surface area contributed by atoms with E-state index in [1.54, 1.807) is 22.8 Å². The van der Waals surface area contributed by atoms with Crippen molar-refractivity contribution in [3.05, 3.63) is 52.1 Å². The molecule has 0 saturated carbocycles. The monoisotopic (exact) mass is 483 g/mol. The number of anilines is 1. The SMILES string of the molecule is COc1nn(C)c2nc(C)c(CCC(=O)Nc3cc(Br)ccc3-n3cncn3)c(C)c12. The summed E-state index contributed by atoms with van der Waals surface area (Å²) in [6.07, 6.45) is 3.90. The number of rotatable bonds is 6. The van der Waals surface area contributed by atoms with Crippen LogP contribution in [0.15, 0.2) is 35.3 Å². The van der Waals surface area contributed by atoms with Gasteiger partial charge in [-0.2, -0.15) is 5.10 Å². The number of ether oxygens (including phenoxy) is 1. The van der Waals surface area contributed by atoms with E-state index >= 15 is 0 Å². The number of aryl methyl sites for hydroxylation is 3. The van der Waals surface area contributed by atoms with Gasteiger partial charge in [0.1, 0.15) is 12.7 Å². The number of carbonyl (C=O) groups is 1. The molecule has 0 unspecified atom stereocenters. The number of pyridine rings is 1. The molecule has 1 amide bonds. The molecule has 10 heteroatoms. The first-order valence-electron chi connectivity index (χ1n) is 9.70. The molecule has 0 aliphatic heterocycles. The lowest BCUT2D eigenvalue weighted by Crippen LogP contribution is -2.15. The maximum Gasteiger partial charge on any atom is 0.242 e. The zero-order valence-electron chi connectivity index (χ0n) is 17.7. The maximum absolute atomic E-state index is 12.8. The van der Waals surface area contributed by atoms with Crippen molar-refractivity contribution in [3.8, 4) is 11.6 Å². The van der Waals surface area contributed by atoms with Gasteiger partial charge < -0.3 is 10.1 Å². The summed E-state index contributed by atoms with van der Waals surface area (Å²) < 4.78 is 9.60. The van der Waals surface area contributed by atoms with Crippen LogP contribution in [0.3, 0.4) is 0 Å². The standard InChI is InChI=1S/C21H22BrN7O2/c1-12-15(13(2)25-20-19(12)21(31-4)27-28(20)3)6-8-18(30)26-16-9-14(22)5-7-17(16)29-11-23-10-24-29/h5,7,9-11H,6,8H2,1-4H3,(H,26,30). The highest BCUT2D eigenvalue weighted by molar-refractivity contribution is 9.10. The summed E-state index contributed by atoms with van der Waals surface area (Å²) in [5.41, 5.74) is 5.11. The van der Waals surface area contributed by atoms with Gasteiger partial charge in [-0.3, -0.25) is 4.79 Å². The molecule has 0 aliphatic rings. The number of aromatic nitrogens is 6. The van der Waals surface area contributed by atoms with Gasteiger partial charge in [-0.05, 0) is 49.6 Å². The van der Waals surface area contributed by atoms with Crippen LogP contribution < -0.4 is 10.1 Å². The van der Waals surface area contributed by atoms with E-state index in [1.807, 2.05) is 39.1 Å². The molecule has 3 heterocycles. The van der Waals surface area contributed by atoms with Crippen LogP contribution in [0.1, 0.15) is 23.2 Å². The molecule has 0 bridgehead atoms. The smallest absolute Gasteiger partial charge is 0.242 e. The Bertz CT molecular complexity index is 1260. The maximum atomic E-state index is 12.8. The lowest BCUT2D eigenvalue weighted by Gasteiger charge is -2.13. The average molecular weight is 484 g/mol. The number of methoxy groups -OCH3 is 1. The zero-order chi connectivity index (χ0) is 22.1. The number of carbonyl (C=O) groups excluding carboxylic acids is 1. The number of halogens is 1. The number of fused-ring (bicyclic) bond motifs is 1. The van der Waals surface area contributed by atoms with Gasteiger partial charge in [0, 0.05) is 23.6 Å². The largest absolute Gasteiger partial charge is 0.479 e. The van der Waals surface area contributed by atoms with E-state index in [0.717, 1.165) is 38.0 Å². The molecule has 1 N–H and O–H groups in total. The van der Waals surface area contributed by atoms with Crippen LogP contribution in [0, 0.1) is 13.8 Å². The topological polar surface area (TPSA) is 99.8 Å². The Balaban J connectivity index is 1.57. The van der Waals surface area contributed by atoms with Crippen LogP contribution in [-0.2, 0) is 18.3 Å². The molecule has 3 aromatic heterocycles. The number of amides is 1. The molecule has 0 spiro atoms. The average Bonchev–Trinajstić information content (AvgIpc) is 3.36. The van der Waals surface area contributed by atoms with Gasteiger partial charge in [-0.1, -0.05) is 15.9 Å². The van der Waals surface area contributed by atoms with Gasteiger partial charge in [0.05, 0.1) is 23.9 Å². The normalized spacial score (nSPS) is 11.1. The third-order valence-corrected chi connectivity index (χ3v) is 5.71. The Morgan fingerprint density at radius 3 is 2.81 bits per heavy atom. The quantitative estimate of drug-likeness (QED) is 0.450. The summed E-state index contributed by atoms with van der Waals surface area (Å²) >= 11 is 3.46. The number of nitrogens with zero attached hydrogens (tertiary/aromatic N) is 6. The highest BCUT2D eigenvalue weighted by Gasteiger charge is 2.19. The Kier molecular flexibility index (Phi) is 5.73. The second-order valence-electron chi connectivity index (χ2n) is 7.18. The highest BCUT2D eigenvalue weighted by Crippen LogP contribution is 2.31. The van der Waals surface area contributed by atoms with E-state index in [1.165, 1.54) is 6.33 Å². The molecule has 160 valence electrons. The zero-order valence-corrected chi connectivity index (χ0v) is 19.3. The van der Waals surface area contributed by atoms with Gasteiger partial charge in [0.15, 0.2) is 5.65 Å². The van der Waals surface area contributed by atoms with E-state index in [9.17, 15) is 4.79 Å². The summed E-state index contributed by atoms with van der Waals surface area (Å²) in [4.78, 5) is 21.5. The van der Waals surface area contributed by atoms with Gasteiger partial charge in [0.2, 0.25) is 11.8 Å². The molecule has 4 aromatic rings. The van der Waals surface area contributed by atoms with E-state index in [-0.39, 0.29) is 5.91 Å². The Morgan fingerprint density at radius 1 is 1.29 bits per heavy atom. The first-order chi connectivity index (χ1) is 14.9. The van der Waals surface area contributed by atoms with E-state index in [2.05, 4.69) is 36.4 Å². The number of hydrogen-bond donors (Lipinski definition) is 1. The highest BCUT2D eigenvalue weighted by atomic mass is 79.9. The summed E-state index contributed by atoms with van der Waals surface area (Å²) in [6.45, 7) is 3.97. The molecular formula is C21H22BrN7O2. The van der Waals surface area contributed by atoms with Crippen molar-refractivity contribution in [2.75, 3.05) is 12.4 Å². The Labute approximate surface area is 187 Å². The second kappa shape index (κ2) is 8.46. The molecule has 1 aromatic carbocycles. The van der Waals surface area contributed by atoms with Crippen LogP contribution >= 0.6 is 15.9 Å². The van der Waals surface area contributed by atoms with Crippen LogP contribution in [0.4, 0.5) is 5.69 Å². The Hall–Kier alpha value is -3.27. The number of benzene rings is 1. The van der Waals surface area contributed by atoms with Crippen LogP contribution in [0.5, 0.6) is 5.88 Å².